The third-order valence-corrected chi connectivity index (χ3v) is 3.24. The van der Waals surface area contributed by atoms with Crippen molar-refractivity contribution in [1.29, 1.82) is 0 Å². The molecule has 4 nitrogen and oxygen atoms in total. The van der Waals surface area contributed by atoms with E-state index in [0.29, 0.717) is 0 Å². The van der Waals surface area contributed by atoms with Gasteiger partial charge in [0.1, 0.15) is 0 Å². The van der Waals surface area contributed by atoms with E-state index in [0.717, 1.165) is 11.1 Å². The molecule has 2 rings (SSSR count). The summed E-state index contributed by atoms with van der Waals surface area (Å²) in [5.41, 5.74) is 6.71. The first kappa shape index (κ1) is 14.8. The van der Waals surface area contributed by atoms with Gasteiger partial charge in [-0.3, -0.25) is 4.79 Å². The summed E-state index contributed by atoms with van der Waals surface area (Å²) in [4.78, 5) is 23.5. The second-order valence-electron chi connectivity index (χ2n) is 4.74. The number of carbonyl (C=O) groups is 2. The molecule has 2 N–H and O–H groups in total. The lowest BCUT2D eigenvalue weighted by Gasteiger charge is -2.20. The van der Waals surface area contributed by atoms with Gasteiger partial charge < -0.3 is 10.5 Å². The second kappa shape index (κ2) is 6.70. The Morgan fingerprint density at radius 2 is 1.33 bits per heavy atom. The second-order valence-corrected chi connectivity index (χ2v) is 4.74. The van der Waals surface area contributed by atoms with Crippen LogP contribution in [0.5, 0.6) is 0 Å². The Labute approximate surface area is 123 Å². The van der Waals surface area contributed by atoms with E-state index >= 15 is 0 Å². The van der Waals surface area contributed by atoms with E-state index in [9.17, 15) is 9.59 Å². The van der Waals surface area contributed by atoms with Crippen LogP contribution in [-0.2, 0) is 9.53 Å². The molecule has 1 atom stereocenters. The number of ketones is 1. The molecule has 108 valence electrons. The molecule has 21 heavy (non-hydrogen) atoms. The average Bonchev–Trinajstić information content (AvgIpc) is 2.49. The molecular weight excluding hydrogens is 266 g/mol. The van der Waals surface area contributed by atoms with Gasteiger partial charge in [-0.1, -0.05) is 60.7 Å². The van der Waals surface area contributed by atoms with Gasteiger partial charge in [0, 0.05) is 0 Å². The summed E-state index contributed by atoms with van der Waals surface area (Å²) < 4.78 is 4.83. The molecule has 1 unspecified atom stereocenters. The van der Waals surface area contributed by atoms with Crippen molar-refractivity contribution in [2.45, 2.75) is 18.9 Å². The molecule has 0 heterocycles. The van der Waals surface area contributed by atoms with Crippen molar-refractivity contribution in [3.05, 3.63) is 71.8 Å². The van der Waals surface area contributed by atoms with Crippen molar-refractivity contribution < 1.29 is 14.3 Å². The normalized spacial score (nSPS) is 11.9. The molecule has 0 radical (unpaired) electrons. The van der Waals surface area contributed by atoms with Crippen LogP contribution in [0.25, 0.3) is 0 Å². The molecule has 0 fully saturated rings. The number of ether oxygens (including phenoxy) is 1. The van der Waals surface area contributed by atoms with Crippen LogP contribution in [0, 0.1) is 0 Å². The molecule has 0 aliphatic rings. The highest BCUT2D eigenvalue weighted by atomic mass is 16.6. The van der Waals surface area contributed by atoms with Crippen molar-refractivity contribution in [3.63, 3.8) is 0 Å². The Morgan fingerprint density at radius 1 is 0.905 bits per heavy atom. The van der Waals surface area contributed by atoms with Crippen LogP contribution in [0.4, 0.5) is 4.79 Å². The van der Waals surface area contributed by atoms with E-state index in [1.165, 1.54) is 6.92 Å². The number of benzene rings is 2. The van der Waals surface area contributed by atoms with Crippen LogP contribution in [0.15, 0.2) is 60.7 Å². The number of hydrogen-bond donors (Lipinski definition) is 1. The quantitative estimate of drug-likeness (QED) is 0.917. The summed E-state index contributed by atoms with van der Waals surface area (Å²) in [5, 5.41) is 0. The number of nitrogens with two attached hydrogens (primary N) is 1. The summed E-state index contributed by atoms with van der Waals surface area (Å²) in [6, 6.07) is 18.8. The molecule has 0 aromatic heterocycles. The standard InChI is InChI=1S/C17H17NO3/c1-12(21-17(18)20)16(19)15(13-8-4-2-5-9-13)14-10-6-3-7-11-14/h2-12,15H,1H3,(H2,18,20). The van der Waals surface area contributed by atoms with Gasteiger partial charge in [0.2, 0.25) is 0 Å². The van der Waals surface area contributed by atoms with E-state index < -0.39 is 18.1 Å². The molecule has 2 aromatic carbocycles. The highest BCUT2D eigenvalue weighted by Crippen LogP contribution is 2.27. The van der Waals surface area contributed by atoms with Crippen molar-refractivity contribution in [1.82, 2.24) is 0 Å². The highest BCUT2D eigenvalue weighted by molar-refractivity contribution is 5.93. The van der Waals surface area contributed by atoms with Gasteiger partial charge in [-0.25, -0.2) is 4.79 Å². The van der Waals surface area contributed by atoms with E-state index in [1.54, 1.807) is 0 Å². The SMILES string of the molecule is CC(OC(N)=O)C(=O)C(c1ccccc1)c1ccccc1. The van der Waals surface area contributed by atoms with Crippen molar-refractivity contribution in [3.8, 4) is 0 Å². The number of carbonyl (C=O) groups excluding carboxylic acids is 2. The van der Waals surface area contributed by atoms with Gasteiger partial charge in [-0.2, -0.15) is 0 Å². The lowest BCUT2D eigenvalue weighted by molar-refractivity contribution is -0.127. The first-order chi connectivity index (χ1) is 10.1. The molecule has 2 aromatic rings. The third kappa shape index (κ3) is 3.69. The van der Waals surface area contributed by atoms with Gasteiger partial charge in [0.05, 0.1) is 5.92 Å². The summed E-state index contributed by atoms with van der Waals surface area (Å²) in [6.07, 6.45) is -1.84. The monoisotopic (exact) mass is 283 g/mol. The maximum atomic E-state index is 12.6. The predicted octanol–water partition coefficient (Wildman–Crippen LogP) is 2.87. The fourth-order valence-corrected chi connectivity index (χ4v) is 2.28. The fourth-order valence-electron chi connectivity index (χ4n) is 2.28. The fraction of sp³-hybridized carbons (Fsp3) is 0.176. The Bertz CT molecular complexity index is 571. The zero-order valence-corrected chi connectivity index (χ0v) is 11.7. The number of rotatable bonds is 5. The first-order valence-corrected chi connectivity index (χ1v) is 6.69. The van der Waals surface area contributed by atoms with Crippen LogP contribution >= 0.6 is 0 Å². The number of primary amides is 1. The van der Waals surface area contributed by atoms with E-state index in [1.807, 2.05) is 60.7 Å². The van der Waals surface area contributed by atoms with Gasteiger partial charge in [-0.15, -0.1) is 0 Å². The molecule has 0 spiro atoms. The Balaban J connectivity index is 2.37. The molecule has 0 saturated carbocycles. The van der Waals surface area contributed by atoms with E-state index in [4.69, 9.17) is 10.5 Å². The van der Waals surface area contributed by atoms with E-state index in [2.05, 4.69) is 0 Å². The predicted molar refractivity (Wildman–Crippen MR) is 79.9 cm³/mol. The maximum absolute atomic E-state index is 12.6. The van der Waals surface area contributed by atoms with Crippen molar-refractivity contribution in [2.75, 3.05) is 0 Å². The molecule has 4 heteroatoms. The van der Waals surface area contributed by atoms with Crippen LogP contribution in [0.3, 0.4) is 0 Å². The van der Waals surface area contributed by atoms with Crippen LogP contribution < -0.4 is 5.73 Å². The lowest BCUT2D eigenvalue weighted by Crippen LogP contribution is -2.31. The Hall–Kier alpha value is -2.62. The van der Waals surface area contributed by atoms with Crippen LogP contribution in [-0.4, -0.2) is 18.0 Å². The third-order valence-electron chi connectivity index (χ3n) is 3.24. The van der Waals surface area contributed by atoms with Gasteiger partial charge in [0.25, 0.3) is 0 Å². The minimum atomic E-state index is -0.948. The molecule has 0 aliphatic carbocycles. The number of hydrogen-bond acceptors (Lipinski definition) is 3. The van der Waals surface area contributed by atoms with Gasteiger partial charge in [-0.05, 0) is 18.1 Å². The summed E-state index contributed by atoms with van der Waals surface area (Å²) in [6.45, 7) is 1.53. The molecule has 0 saturated heterocycles. The summed E-state index contributed by atoms with van der Waals surface area (Å²) >= 11 is 0. The molecule has 0 aliphatic heterocycles. The zero-order valence-electron chi connectivity index (χ0n) is 11.7. The smallest absolute Gasteiger partial charge is 0.405 e. The average molecular weight is 283 g/mol. The lowest BCUT2D eigenvalue weighted by atomic mass is 9.86. The van der Waals surface area contributed by atoms with Gasteiger partial charge >= 0.3 is 6.09 Å². The van der Waals surface area contributed by atoms with Crippen LogP contribution in [0.1, 0.15) is 24.0 Å². The van der Waals surface area contributed by atoms with Crippen molar-refractivity contribution in [2.24, 2.45) is 5.73 Å². The Kier molecular flexibility index (Phi) is 4.72. The minimum Gasteiger partial charge on any atom is -0.439 e. The molecule has 1 amide bonds. The van der Waals surface area contributed by atoms with E-state index in [-0.39, 0.29) is 5.78 Å². The molecular formula is C17H17NO3. The maximum Gasteiger partial charge on any atom is 0.405 e. The molecule has 0 bridgehead atoms. The highest BCUT2D eigenvalue weighted by Gasteiger charge is 2.28. The number of amides is 1. The summed E-state index contributed by atoms with van der Waals surface area (Å²) in [7, 11) is 0. The zero-order chi connectivity index (χ0) is 15.2. The summed E-state index contributed by atoms with van der Waals surface area (Å²) in [5.74, 6) is -0.687. The Morgan fingerprint density at radius 3 is 1.71 bits per heavy atom. The van der Waals surface area contributed by atoms with Crippen molar-refractivity contribution >= 4 is 11.9 Å². The largest absolute Gasteiger partial charge is 0.439 e. The van der Waals surface area contributed by atoms with Crippen LogP contribution in [0.2, 0.25) is 0 Å². The van der Waals surface area contributed by atoms with Gasteiger partial charge in [0.15, 0.2) is 11.9 Å². The number of Topliss-reactive ketones (excluding diaryl/α,β-unsaturated/α-hetero) is 1. The first-order valence-electron chi connectivity index (χ1n) is 6.69. The minimum absolute atomic E-state index is 0.203. The topological polar surface area (TPSA) is 69.4 Å².